The van der Waals surface area contributed by atoms with E-state index in [9.17, 15) is 4.79 Å². The predicted octanol–water partition coefficient (Wildman–Crippen LogP) is 3.76. The molecule has 6 nitrogen and oxygen atoms in total. The van der Waals surface area contributed by atoms with Crippen molar-refractivity contribution < 1.29 is 4.79 Å². The summed E-state index contributed by atoms with van der Waals surface area (Å²) >= 11 is 0. The summed E-state index contributed by atoms with van der Waals surface area (Å²) in [4.78, 5) is 23.3. The molecule has 0 radical (unpaired) electrons. The minimum atomic E-state index is -0.174. The van der Waals surface area contributed by atoms with Gasteiger partial charge in [0.05, 0.1) is 5.56 Å². The lowest BCUT2D eigenvalue weighted by Crippen LogP contribution is -2.20. The van der Waals surface area contributed by atoms with E-state index < -0.39 is 0 Å². The van der Waals surface area contributed by atoms with Crippen LogP contribution in [-0.4, -0.2) is 36.5 Å². The van der Waals surface area contributed by atoms with E-state index in [2.05, 4.69) is 20.6 Å². The van der Waals surface area contributed by atoms with E-state index in [0.29, 0.717) is 11.4 Å². The molecule has 0 aliphatic carbocycles. The smallest absolute Gasteiger partial charge is 0.259 e. The molecule has 0 bridgehead atoms. The van der Waals surface area contributed by atoms with Crippen LogP contribution in [0.5, 0.6) is 0 Å². The highest BCUT2D eigenvalue weighted by atomic mass is 16.1. The molecule has 6 heteroatoms. The maximum Gasteiger partial charge on any atom is 0.259 e. The Morgan fingerprint density at radius 1 is 1.00 bits per heavy atom. The number of amides is 1. The average molecular weight is 375 g/mol. The fourth-order valence-corrected chi connectivity index (χ4v) is 2.81. The molecule has 2 aromatic heterocycles. The maximum atomic E-state index is 12.7. The van der Waals surface area contributed by atoms with Crippen molar-refractivity contribution in [3.8, 4) is 0 Å². The lowest BCUT2D eigenvalue weighted by atomic mass is 10.2. The number of carbonyl (C=O) groups excluding carboxylic acids is 1. The summed E-state index contributed by atoms with van der Waals surface area (Å²) in [6.45, 7) is 2.71. The monoisotopic (exact) mass is 375 g/mol. The Labute approximate surface area is 165 Å². The van der Waals surface area contributed by atoms with Crippen LogP contribution in [0.1, 0.15) is 21.7 Å². The largest absolute Gasteiger partial charge is 0.385 e. The Morgan fingerprint density at radius 3 is 2.43 bits per heavy atom. The van der Waals surface area contributed by atoms with Crippen molar-refractivity contribution in [2.75, 3.05) is 36.2 Å². The molecule has 2 N–H and O–H groups in total. The molecule has 144 valence electrons. The molecule has 0 unspecified atom stereocenters. The quantitative estimate of drug-likeness (QED) is 0.658. The second-order valence-corrected chi connectivity index (χ2v) is 6.75. The molecule has 2 heterocycles. The fourth-order valence-electron chi connectivity index (χ4n) is 2.81. The first-order chi connectivity index (χ1) is 13.5. The molecular weight excluding hydrogens is 350 g/mol. The number of nitrogens with one attached hydrogen (secondary N) is 2. The molecule has 3 rings (SSSR count). The summed E-state index contributed by atoms with van der Waals surface area (Å²) in [6, 6.07) is 17.3. The number of benzene rings is 1. The van der Waals surface area contributed by atoms with Gasteiger partial charge in [0.15, 0.2) is 0 Å². The van der Waals surface area contributed by atoms with Crippen LogP contribution in [0.15, 0.2) is 60.8 Å². The molecule has 28 heavy (non-hydrogen) atoms. The number of rotatable bonds is 7. The van der Waals surface area contributed by atoms with E-state index in [1.54, 1.807) is 12.3 Å². The van der Waals surface area contributed by atoms with Gasteiger partial charge in [0.1, 0.15) is 5.82 Å². The maximum absolute atomic E-state index is 12.7. The number of aromatic nitrogens is 2. The Balaban J connectivity index is 1.59. The van der Waals surface area contributed by atoms with Crippen molar-refractivity contribution in [1.82, 2.24) is 9.97 Å². The van der Waals surface area contributed by atoms with Crippen molar-refractivity contribution in [3.63, 3.8) is 0 Å². The van der Waals surface area contributed by atoms with Crippen molar-refractivity contribution >= 4 is 23.1 Å². The summed E-state index contributed by atoms with van der Waals surface area (Å²) in [5, 5.41) is 6.30. The van der Waals surface area contributed by atoms with Gasteiger partial charge in [0, 0.05) is 56.0 Å². The third kappa shape index (κ3) is 5.07. The number of carbonyl (C=O) groups is 1. The molecule has 0 saturated heterocycles. The zero-order valence-corrected chi connectivity index (χ0v) is 16.4. The highest BCUT2D eigenvalue weighted by molar-refractivity contribution is 6.07. The fraction of sp³-hybridized carbons (Fsp3) is 0.227. The van der Waals surface area contributed by atoms with Crippen LogP contribution in [0.4, 0.5) is 17.2 Å². The molecule has 1 amide bonds. The number of aryl methyl sites for hydroxylation is 1. The Kier molecular flexibility index (Phi) is 6.22. The molecule has 3 aromatic rings. The molecule has 0 aliphatic heterocycles. The van der Waals surface area contributed by atoms with Gasteiger partial charge in [-0.3, -0.25) is 9.78 Å². The van der Waals surface area contributed by atoms with Crippen LogP contribution >= 0.6 is 0 Å². The summed E-state index contributed by atoms with van der Waals surface area (Å²) < 4.78 is 0. The number of hydrogen-bond acceptors (Lipinski definition) is 5. The summed E-state index contributed by atoms with van der Waals surface area (Å²) in [7, 11) is 3.76. The lowest BCUT2D eigenvalue weighted by molar-refractivity contribution is 0.102. The van der Waals surface area contributed by atoms with Gasteiger partial charge < -0.3 is 15.5 Å². The minimum absolute atomic E-state index is 0.174. The zero-order chi connectivity index (χ0) is 19.9. The first-order valence-corrected chi connectivity index (χ1v) is 9.23. The van der Waals surface area contributed by atoms with Gasteiger partial charge >= 0.3 is 0 Å². The second kappa shape index (κ2) is 8.99. The average Bonchev–Trinajstić information content (AvgIpc) is 2.70. The second-order valence-electron chi connectivity index (χ2n) is 6.75. The van der Waals surface area contributed by atoms with Crippen molar-refractivity contribution in [2.24, 2.45) is 0 Å². The summed E-state index contributed by atoms with van der Waals surface area (Å²) in [5.41, 5.74) is 4.22. The third-order valence-electron chi connectivity index (χ3n) is 4.26. The van der Waals surface area contributed by atoms with E-state index in [-0.39, 0.29) is 5.91 Å². The molecule has 1 aromatic carbocycles. The zero-order valence-electron chi connectivity index (χ0n) is 16.4. The van der Waals surface area contributed by atoms with Crippen LogP contribution < -0.4 is 15.5 Å². The Bertz CT molecular complexity index is 923. The van der Waals surface area contributed by atoms with Gasteiger partial charge in [-0.15, -0.1) is 0 Å². The van der Waals surface area contributed by atoms with Gasteiger partial charge in [-0.2, -0.15) is 0 Å². The van der Waals surface area contributed by atoms with Crippen LogP contribution in [-0.2, 0) is 6.42 Å². The highest BCUT2D eigenvalue weighted by Crippen LogP contribution is 2.19. The third-order valence-corrected chi connectivity index (χ3v) is 4.26. The Morgan fingerprint density at radius 2 is 1.75 bits per heavy atom. The molecule has 0 spiro atoms. The van der Waals surface area contributed by atoms with E-state index in [1.807, 2.05) is 74.4 Å². The van der Waals surface area contributed by atoms with Gasteiger partial charge in [-0.1, -0.05) is 6.07 Å². The first-order valence-electron chi connectivity index (χ1n) is 9.23. The van der Waals surface area contributed by atoms with E-state index in [4.69, 9.17) is 0 Å². The first kappa shape index (κ1) is 19.4. The molecule has 0 aliphatic rings. The highest BCUT2D eigenvalue weighted by Gasteiger charge is 2.14. The topological polar surface area (TPSA) is 70.2 Å². The standard InChI is InChI=1S/C22H25N5O/c1-16-7-12-20(21(25-16)27(2)3)22(28)26-19-10-8-18(9-11-19)24-15-13-17-6-4-5-14-23-17/h4-12,14,24H,13,15H2,1-3H3,(H,26,28). The summed E-state index contributed by atoms with van der Waals surface area (Å²) in [5.74, 6) is 0.484. The van der Waals surface area contributed by atoms with Crippen molar-refractivity contribution in [3.05, 3.63) is 77.7 Å². The van der Waals surface area contributed by atoms with Crippen molar-refractivity contribution in [2.45, 2.75) is 13.3 Å². The SMILES string of the molecule is Cc1ccc(C(=O)Nc2ccc(NCCc3ccccn3)cc2)c(N(C)C)n1. The van der Waals surface area contributed by atoms with E-state index >= 15 is 0 Å². The molecule has 0 atom stereocenters. The number of anilines is 3. The van der Waals surface area contributed by atoms with Crippen molar-refractivity contribution in [1.29, 1.82) is 0 Å². The van der Waals surface area contributed by atoms with Gasteiger partial charge in [-0.25, -0.2) is 4.98 Å². The van der Waals surface area contributed by atoms with Crippen LogP contribution in [0.3, 0.4) is 0 Å². The van der Waals surface area contributed by atoms with Crippen LogP contribution in [0.2, 0.25) is 0 Å². The lowest BCUT2D eigenvalue weighted by Gasteiger charge is -2.16. The molecule has 0 fully saturated rings. The van der Waals surface area contributed by atoms with Crippen LogP contribution in [0, 0.1) is 6.92 Å². The number of pyridine rings is 2. The summed E-state index contributed by atoms with van der Waals surface area (Å²) in [6.07, 6.45) is 2.66. The van der Waals surface area contributed by atoms with Gasteiger partial charge in [0.25, 0.3) is 5.91 Å². The number of nitrogens with zero attached hydrogens (tertiary/aromatic N) is 3. The van der Waals surface area contributed by atoms with Gasteiger partial charge in [-0.05, 0) is 55.5 Å². The predicted molar refractivity (Wildman–Crippen MR) is 114 cm³/mol. The minimum Gasteiger partial charge on any atom is -0.385 e. The van der Waals surface area contributed by atoms with Crippen LogP contribution in [0.25, 0.3) is 0 Å². The van der Waals surface area contributed by atoms with E-state index in [0.717, 1.165) is 35.7 Å². The normalized spacial score (nSPS) is 10.4. The number of hydrogen-bond donors (Lipinski definition) is 2. The Hall–Kier alpha value is -3.41. The van der Waals surface area contributed by atoms with E-state index in [1.165, 1.54) is 0 Å². The molecule has 0 saturated carbocycles. The van der Waals surface area contributed by atoms with Gasteiger partial charge in [0.2, 0.25) is 0 Å². The molecular formula is C22H25N5O.